The van der Waals surface area contributed by atoms with Crippen LogP contribution in [0, 0.1) is 0 Å². The molecule has 11 heteroatoms. The molecule has 0 bridgehead atoms. The molecule has 2 aromatic rings. The first-order valence-corrected chi connectivity index (χ1v) is 14.4. The number of benzene rings is 2. The van der Waals surface area contributed by atoms with E-state index in [-0.39, 0.29) is 17.9 Å². The Morgan fingerprint density at radius 2 is 1.13 bits per heavy atom. The van der Waals surface area contributed by atoms with Gasteiger partial charge in [0.2, 0.25) is 23.3 Å². The molecule has 11 nitrogen and oxygen atoms in total. The zero-order chi connectivity index (χ0) is 32.8. The number of carbonyl (C=O) groups excluding carboxylic acids is 2. The fourth-order valence-electron chi connectivity index (χ4n) is 4.96. The highest BCUT2D eigenvalue weighted by Gasteiger charge is 2.30. The Hall–Kier alpha value is -4.90. The number of amides is 2. The summed E-state index contributed by atoms with van der Waals surface area (Å²) in [6, 6.07) is 7.12. The Balaban J connectivity index is 1.61. The molecule has 1 unspecified atom stereocenters. The predicted octanol–water partition coefficient (Wildman–Crippen LogP) is 3.84. The first kappa shape index (κ1) is 34.6. The SMILES string of the molecule is CNCC1CN(C(=O)/C=C/C=C/c2cc(OC)c(OC)c(OC)c2)CCN1C(=O)/C=C/C=C/c1cc(OC)c(OC)c(OC)c1. The third-order valence-electron chi connectivity index (χ3n) is 7.17. The van der Waals surface area contributed by atoms with Crippen LogP contribution in [0.2, 0.25) is 0 Å². The van der Waals surface area contributed by atoms with Crippen molar-refractivity contribution in [3.63, 3.8) is 0 Å². The second kappa shape index (κ2) is 17.4. The number of nitrogens with one attached hydrogen (secondary N) is 1. The molecule has 1 heterocycles. The van der Waals surface area contributed by atoms with Crippen LogP contribution in [0.1, 0.15) is 11.1 Å². The average molecular weight is 622 g/mol. The van der Waals surface area contributed by atoms with Crippen LogP contribution in [0.3, 0.4) is 0 Å². The van der Waals surface area contributed by atoms with E-state index in [1.807, 2.05) is 43.5 Å². The van der Waals surface area contributed by atoms with Gasteiger partial charge in [-0.1, -0.05) is 36.5 Å². The molecule has 1 aliphatic heterocycles. The van der Waals surface area contributed by atoms with Gasteiger partial charge in [0, 0.05) is 38.3 Å². The molecule has 3 rings (SSSR count). The normalized spacial score (nSPS) is 15.3. The molecule has 1 saturated heterocycles. The van der Waals surface area contributed by atoms with Gasteiger partial charge < -0.3 is 43.5 Å². The Bertz CT molecular complexity index is 1380. The van der Waals surface area contributed by atoms with Gasteiger partial charge in [0.1, 0.15) is 0 Å². The number of hydrogen-bond acceptors (Lipinski definition) is 9. The van der Waals surface area contributed by atoms with Crippen molar-refractivity contribution in [2.45, 2.75) is 6.04 Å². The van der Waals surface area contributed by atoms with Gasteiger partial charge in [-0.05, 0) is 42.4 Å². The van der Waals surface area contributed by atoms with Crippen LogP contribution in [0.4, 0.5) is 0 Å². The van der Waals surface area contributed by atoms with E-state index in [1.54, 1.807) is 76.8 Å². The van der Waals surface area contributed by atoms with Gasteiger partial charge in [0.15, 0.2) is 23.0 Å². The number of nitrogens with zero attached hydrogens (tertiary/aromatic N) is 2. The van der Waals surface area contributed by atoms with E-state index in [0.29, 0.717) is 60.7 Å². The number of likely N-dealkylation sites (N-methyl/N-ethyl adjacent to an activating group) is 1. The molecule has 2 amide bonds. The molecule has 45 heavy (non-hydrogen) atoms. The molecule has 2 aromatic carbocycles. The van der Waals surface area contributed by atoms with E-state index in [9.17, 15) is 9.59 Å². The molecule has 0 spiro atoms. The first-order chi connectivity index (χ1) is 21.8. The first-order valence-electron chi connectivity index (χ1n) is 14.4. The number of carbonyl (C=O) groups is 2. The van der Waals surface area contributed by atoms with E-state index >= 15 is 0 Å². The minimum atomic E-state index is -0.174. The summed E-state index contributed by atoms with van der Waals surface area (Å²) in [4.78, 5) is 29.6. The molecule has 0 radical (unpaired) electrons. The molecule has 1 N–H and O–H groups in total. The molecule has 0 saturated carbocycles. The maximum atomic E-state index is 13.1. The fraction of sp³-hybridized carbons (Fsp3) is 0.353. The van der Waals surface area contributed by atoms with Crippen molar-refractivity contribution in [2.24, 2.45) is 0 Å². The molecular formula is C34H43N3O8. The lowest BCUT2D eigenvalue weighted by atomic mass is 10.1. The summed E-state index contributed by atoms with van der Waals surface area (Å²) < 4.78 is 32.3. The van der Waals surface area contributed by atoms with E-state index in [0.717, 1.165) is 11.1 Å². The summed E-state index contributed by atoms with van der Waals surface area (Å²) in [6.07, 6.45) is 13.7. The molecule has 0 aromatic heterocycles. The second-order valence-corrected chi connectivity index (χ2v) is 9.88. The van der Waals surface area contributed by atoms with Gasteiger partial charge in [-0.25, -0.2) is 0 Å². The minimum Gasteiger partial charge on any atom is -0.493 e. The highest BCUT2D eigenvalue weighted by molar-refractivity contribution is 5.90. The van der Waals surface area contributed by atoms with E-state index in [4.69, 9.17) is 28.4 Å². The molecule has 0 aliphatic carbocycles. The fourth-order valence-corrected chi connectivity index (χ4v) is 4.96. The van der Waals surface area contributed by atoms with Crippen LogP contribution < -0.4 is 33.7 Å². The summed E-state index contributed by atoms with van der Waals surface area (Å²) in [7, 11) is 11.2. The van der Waals surface area contributed by atoms with E-state index in [1.165, 1.54) is 12.2 Å². The smallest absolute Gasteiger partial charge is 0.246 e. The summed E-state index contributed by atoms with van der Waals surface area (Å²) in [5, 5.41) is 3.14. The Kier molecular flexibility index (Phi) is 13.4. The summed E-state index contributed by atoms with van der Waals surface area (Å²) in [5.41, 5.74) is 1.65. The summed E-state index contributed by atoms with van der Waals surface area (Å²) in [6.45, 7) is 1.82. The summed E-state index contributed by atoms with van der Waals surface area (Å²) >= 11 is 0. The zero-order valence-electron chi connectivity index (χ0n) is 27.0. The number of piperazine rings is 1. The van der Waals surface area contributed by atoms with Gasteiger partial charge in [-0.3, -0.25) is 9.59 Å². The van der Waals surface area contributed by atoms with E-state index < -0.39 is 0 Å². The third kappa shape index (κ3) is 9.05. The largest absolute Gasteiger partial charge is 0.493 e. The monoisotopic (exact) mass is 621 g/mol. The highest BCUT2D eigenvalue weighted by atomic mass is 16.5. The summed E-state index contributed by atoms with van der Waals surface area (Å²) in [5.74, 6) is 2.96. The Morgan fingerprint density at radius 1 is 0.689 bits per heavy atom. The Morgan fingerprint density at radius 3 is 1.53 bits per heavy atom. The number of ether oxygens (including phenoxy) is 6. The standard InChI is InChI=1S/C34H43N3O8/c1-35-22-26-23-36(31(38)14-10-8-12-24-18-27(40-2)33(44-6)28(19-24)41-3)16-17-37(26)32(39)15-11-9-13-25-20-29(42-4)34(45-7)30(21-25)43-5/h8-15,18-21,26,35H,16-17,22-23H2,1-7H3/b12-8+,13-9+,14-10+,15-11+. The molecule has 1 atom stereocenters. The van der Waals surface area contributed by atoms with Crippen molar-refractivity contribution in [2.75, 3.05) is 75.9 Å². The van der Waals surface area contributed by atoms with Crippen molar-refractivity contribution in [1.29, 1.82) is 0 Å². The minimum absolute atomic E-state index is 0.124. The van der Waals surface area contributed by atoms with Crippen LogP contribution >= 0.6 is 0 Å². The van der Waals surface area contributed by atoms with Gasteiger partial charge in [0.05, 0.1) is 48.7 Å². The quantitative estimate of drug-likeness (QED) is 0.249. The van der Waals surface area contributed by atoms with Gasteiger partial charge in [0.25, 0.3) is 0 Å². The molecular weight excluding hydrogens is 578 g/mol. The maximum absolute atomic E-state index is 13.1. The molecule has 1 aliphatic rings. The highest BCUT2D eigenvalue weighted by Crippen LogP contribution is 2.39. The van der Waals surface area contributed by atoms with Crippen molar-refractivity contribution >= 4 is 24.0 Å². The van der Waals surface area contributed by atoms with Crippen molar-refractivity contribution in [3.8, 4) is 34.5 Å². The Labute approximate surface area is 265 Å². The molecule has 1 fully saturated rings. The van der Waals surface area contributed by atoms with Crippen molar-refractivity contribution in [1.82, 2.24) is 15.1 Å². The average Bonchev–Trinajstić information content (AvgIpc) is 3.07. The second-order valence-electron chi connectivity index (χ2n) is 9.88. The third-order valence-corrected chi connectivity index (χ3v) is 7.17. The molecule has 242 valence electrons. The lowest BCUT2D eigenvalue weighted by Gasteiger charge is -2.40. The van der Waals surface area contributed by atoms with Crippen molar-refractivity contribution < 1.29 is 38.0 Å². The van der Waals surface area contributed by atoms with E-state index in [2.05, 4.69) is 5.32 Å². The zero-order valence-corrected chi connectivity index (χ0v) is 27.0. The van der Waals surface area contributed by atoms with Crippen LogP contribution in [0.25, 0.3) is 12.2 Å². The number of rotatable bonds is 14. The number of methoxy groups -OCH3 is 6. The predicted molar refractivity (Wildman–Crippen MR) is 175 cm³/mol. The number of allylic oxidation sites excluding steroid dienone is 4. The topological polar surface area (TPSA) is 108 Å². The van der Waals surface area contributed by atoms with Gasteiger partial charge in [-0.2, -0.15) is 0 Å². The number of hydrogen-bond donors (Lipinski definition) is 1. The van der Waals surface area contributed by atoms with Crippen LogP contribution in [-0.2, 0) is 9.59 Å². The van der Waals surface area contributed by atoms with Crippen LogP contribution in [-0.4, -0.2) is 104 Å². The lowest BCUT2D eigenvalue weighted by molar-refractivity contribution is -0.137. The lowest BCUT2D eigenvalue weighted by Crippen LogP contribution is -2.58. The van der Waals surface area contributed by atoms with Gasteiger partial charge in [-0.15, -0.1) is 0 Å². The maximum Gasteiger partial charge on any atom is 0.246 e. The van der Waals surface area contributed by atoms with Crippen molar-refractivity contribution in [3.05, 3.63) is 71.8 Å². The van der Waals surface area contributed by atoms with Crippen LogP contribution in [0.5, 0.6) is 34.5 Å². The van der Waals surface area contributed by atoms with Crippen LogP contribution in [0.15, 0.2) is 60.7 Å². The van der Waals surface area contributed by atoms with Gasteiger partial charge >= 0.3 is 0 Å².